The molecule has 0 spiro atoms. The molecule has 8 aromatic carbocycles. The third kappa shape index (κ3) is 5.09. The molecule has 54 heavy (non-hydrogen) atoms. The number of furan rings is 2. The average molecular weight is 696 g/mol. The topological polar surface area (TPSA) is 62.7 Å². The van der Waals surface area contributed by atoms with Gasteiger partial charge in [-0.1, -0.05) is 133 Å². The Morgan fingerprint density at radius 2 is 1.09 bits per heavy atom. The highest BCUT2D eigenvalue weighted by Gasteiger charge is 2.29. The Morgan fingerprint density at radius 3 is 2.02 bits per heavy atom. The van der Waals surface area contributed by atoms with Gasteiger partial charge in [-0.2, -0.15) is 0 Å². The fourth-order valence-electron chi connectivity index (χ4n) is 8.15. The molecule has 1 aliphatic rings. The summed E-state index contributed by atoms with van der Waals surface area (Å²) >= 11 is 0. The quantitative estimate of drug-likeness (QED) is 0.188. The number of benzene rings is 8. The first kappa shape index (κ1) is 30.7. The molecular formula is C49H33N3O2. The Hall–Kier alpha value is -6.95. The lowest BCUT2D eigenvalue weighted by Crippen LogP contribution is -2.45. The van der Waals surface area contributed by atoms with Crippen molar-refractivity contribution in [2.75, 3.05) is 0 Å². The van der Waals surface area contributed by atoms with Gasteiger partial charge in [0, 0.05) is 32.7 Å². The van der Waals surface area contributed by atoms with Crippen LogP contribution in [0.2, 0.25) is 0 Å². The molecule has 5 nitrogen and oxygen atoms in total. The Balaban J connectivity index is 1.07. The van der Waals surface area contributed by atoms with Crippen molar-refractivity contribution in [3.63, 3.8) is 0 Å². The van der Waals surface area contributed by atoms with Crippen molar-refractivity contribution < 1.29 is 8.83 Å². The zero-order valence-electron chi connectivity index (χ0n) is 29.2. The van der Waals surface area contributed by atoms with Gasteiger partial charge >= 0.3 is 0 Å². The van der Waals surface area contributed by atoms with Crippen molar-refractivity contribution in [1.82, 2.24) is 10.6 Å². The molecule has 2 atom stereocenters. The molecule has 10 aromatic rings. The molecule has 3 heterocycles. The number of nitrogens with zero attached hydrogens (tertiary/aromatic N) is 1. The predicted molar refractivity (Wildman–Crippen MR) is 221 cm³/mol. The number of fused-ring (bicyclic) bond motifs is 7. The molecule has 1 aliphatic heterocycles. The van der Waals surface area contributed by atoms with E-state index in [4.69, 9.17) is 13.8 Å². The smallest absolute Gasteiger partial charge is 0.135 e. The first-order valence-electron chi connectivity index (χ1n) is 18.3. The normalized spacial score (nSPS) is 16.0. The number of rotatable bonds is 5. The largest absolute Gasteiger partial charge is 0.456 e. The lowest BCUT2D eigenvalue weighted by Gasteiger charge is -2.32. The Bertz CT molecular complexity index is 3080. The third-order valence-corrected chi connectivity index (χ3v) is 10.8. The standard InChI is InChI=1S/C49H33N3O2/c1-2-11-30(12-3-1)32-15-8-16-33(27-32)34-23-25-44-41(28-34)46-39(20-10-22-45(46)54-44)49-51-47(35-24-26-43-40(29-35)37-18-6-7-21-42(37)53-43)50-48(52-49)38-19-9-14-31-13-4-5-17-36(31)38/h1-29,47,49,51H,(H,50,52). The minimum absolute atomic E-state index is 0.246. The van der Waals surface area contributed by atoms with Gasteiger partial charge in [0.15, 0.2) is 0 Å². The summed E-state index contributed by atoms with van der Waals surface area (Å²) in [6.45, 7) is 0. The van der Waals surface area contributed by atoms with Gasteiger partial charge in [-0.05, 0) is 81.1 Å². The highest BCUT2D eigenvalue weighted by molar-refractivity contribution is 6.12. The van der Waals surface area contributed by atoms with Gasteiger partial charge in [0.25, 0.3) is 0 Å². The Kier molecular flexibility index (Phi) is 7.00. The first-order valence-corrected chi connectivity index (χ1v) is 18.3. The maximum Gasteiger partial charge on any atom is 0.135 e. The molecule has 2 aromatic heterocycles. The van der Waals surface area contributed by atoms with Crippen LogP contribution in [-0.4, -0.2) is 5.84 Å². The van der Waals surface area contributed by atoms with Crippen LogP contribution in [-0.2, 0) is 0 Å². The molecule has 5 heteroatoms. The molecule has 256 valence electrons. The monoisotopic (exact) mass is 695 g/mol. The lowest BCUT2D eigenvalue weighted by atomic mass is 9.96. The summed E-state index contributed by atoms with van der Waals surface area (Å²) in [6, 6.07) is 61.6. The number of aliphatic imine (C=N–C) groups is 1. The highest BCUT2D eigenvalue weighted by Crippen LogP contribution is 2.40. The molecule has 0 bridgehead atoms. The fraction of sp³-hybridized carbons (Fsp3) is 0.0408. The molecule has 0 aliphatic carbocycles. The molecule has 0 amide bonds. The van der Waals surface area contributed by atoms with Crippen LogP contribution in [0.5, 0.6) is 0 Å². The van der Waals surface area contributed by atoms with E-state index in [1.54, 1.807) is 0 Å². The van der Waals surface area contributed by atoms with Crippen LogP contribution in [0.4, 0.5) is 0 Å². The van der Waals surface area contributed by atoms with E-state index in [0.717, 1.165) is 82.9 Å². The van der Waals surface area contributed by atoms with E-state index in [-0.39, 0.29) is 12.3 Å². The van der Waals surface area contributed by atoms with E-state index in [9.17, 15) is 0 Å². The molecule has 2 N–H and O–H groups in total. The predicted octanol–water partition coefficient (Wildman–Crippen LogP) is 12.3. The van der Waals surface area contributed by atoms with Crippen LogP contribution in [0.25, 0.3) is 76.9 Å². The summed E-state index contributed by atoms with van der Waals surface area (Å²) in [6.07, 6.45) is -0.624. The Morgan fingerprint density at radius 1 is 0.444 bits per heavy atom. The maximum atomic E-state index is 6.53. The first-order chi connectivity index (χ1) is 26.7. The van der Waals surface area contributed by atoms with Crippen LogP contribution in [0.3, 0.4) is 0 Å². The summed E-state index contributed by atoms with van der Waals surface area (Å²) in [5, 5.41) is 14.3. The Labute approximate surface area is 311 Å². The minimum Gasteiger partial charge on any atom is -0.456 e. The fourth-order valence-corrected chi connectivity index (χ4v) is 8.15. The van der Waals surface area contributed by atoms with E-state index in [0.29, 0.717) is 0 Å². The third-order valence-electron chi connectivity index (χ3n) is 10.8. The molecule has 0 radical (unpaired) electrons. The second-order valence-electron chi connectivity index (χ2n) is 14.0. The number of hydrogen-bond acceptors (Lipinski definition) is 5. The second kappa shape index (κ2) is 12.3. The van der Waals surface area contributed by atoms with E-state index >= 15 is 0 Å². The summed E-state index contributed by atoms with van der Waals surface area (Å²) in [4.78, 5) is 5.45. The summed E-state index contributed by atoms with van der Waals surface area (Å²) in [7, 11) is 0. The maximum absolute atomic E-state index is 6.53. The van der Waals surface area contributed by atoms with Gasteiger partial charge in [0.2, 0.25) is 0 Å². The van der Waals surface area contributed by atoms with Gasteiger partial charge in [0.1, 0.15) is 40.5 Å². The van der Waals surface area contributed by atoms with E-state index in [1.807, 2.05) is 12.1 Å². The molecule has 0 saturated heterocycles. The van der Waals surface area contributed by atoms with E-state index in [1.165, 1.54) is 16.5 Å². The number of amidine groups is 1. The van der Waals surface area contributed by atoms with Crippen molar-refractivity contribution in [3.8, 4) is 22.3 Å². The van der Waals surface area contributed by atoms with Crippen molar-refractivity contribution in [2.24, 2.45) is 4.99 Å². The van der Waals surface area contributed by atoms with Crippen molar-refractivity contribution >= 4 is 60.5 Å². The summed E-state index contributed by atoms with van der Waals surface area (Å²) < 4.78 is 12.7. The van der Waals surface area contributed by atoms with Crippen LogP contribution < -0.4 is 10.6 Å². The second-order valence-corrected chi connectivity index (χ2v) is 14.0. The average Bonchev–Trinajstić information content (AvgIpc) is 3.81. The zero-order chi connectivity index (χ0) is 35.6. The van der Waals surface area contributed by atoms with Crippen LogP contribution >= 0.6 is 0 Å². The molecular weight excluding hydrogens is 663 g/mol. The van der Waals surface area contributed by atoms with Gasteiger partial charge < -0.3 is 14.2 Å². The van der Waals surface area contributed by atoms with Gasteiger partial charge in [0.05, 0.1) is 0 Å². The minimum atomic E-state index is -0.378. The highest BCUT2D eigenvalue weighted by atomic mass is 16.3. The molecule has 0 saturated carbocycles. The van der Waals surface area contributed by atoms with Crippen LogP contribution in [0.15, 0.2) is 190 Å². The molecule has 0 fully saturated rings. The van der Waals surface area contributed by atoms with E-state index in [2.05, 4.69) is 174 Å². The lowest BCUT2D eigenvalue weighted by molar-refractivity contribution is 0.411. The van der Waals surface area contributed by atoms with Crippen LogP contribution in [0.1, 0.15) is 29.0 Å². The van der Waals surface area contributed by atoms with Crippen LogP contribution in [0, 0.1) is 0 Å². The van der Waals surface area contributed by atoms with Crippen molar-refractivity contribution in [3.05, 3.63) is 193 Å². The number of para-hydroxylation sites is 1. The number of nitrogens with one attached hydrogen (secondary N) is 2. The van der Waals surface area contributed by atoms with E-state index < -0.39 is 0 Å². The van der Waals surface area contributed by atoms with Crippen molar-refractivity contribution in [1.29, 1.82) is 0 Å². The van der Waals surface area contributed by atoms with Gasteiger partial charge in [-0.15, -0.1) is 0 Å². The summed E-state index contributed by atoms with van der Waals surface area (Å²) in [5.74, 6) is 0.834. The summed E-state index contributed by atoms with van der Waals surface area (Å²) in [5.41, 5.74) is 11.3. The zero-order valence-corrected chi connectivity index (χ0v) is 29.2. The molecule has 2 unspecified atom stereocenters. The van der Waals surface area contributed by atoms with Gasteiger partial charge in [-0.3, -0.25) is 5.32 Å². The van der Waals surface area contributed by atoms with Gasteiger partial charge in [-0.25, -0.2) is 4.99 Å². The SMILES string of the molecule is c1ccc(-c2cccc(-c3ccc4oc5cccc(C6N=C(c7cccc8ccccc78)NC(c7ccc8oc9ccccc9c8c7)N6)c5c4c3)c2)cc1. The number of hydrogen-bond donors (Lipinski definition) is 2. The van der Waals surface area contributed by atoms with Crippen molar-refractivity contribution in [2.45, 2.75) is 12.3 Å². The molecule has 11 rings (SSSR count).